The molecule has 4 aliphatic rings. The second-order valence-electron chi connectivity index (χ2n) is 12.6. The van der Waals surface area contributed by atoms with Crippen LogP contribution in [0.4, 0.5) is 10.1 Å². The van der Waals surface area contributed by atoms with Gasteiger partial charge < -0.3 is 10.2 Å². The molecule has 0 radical (unpaired) electrons. The van der Waals surface area contributed by atoms with E-state index >= 15 is 9.18 Å². The molecule has 2 aliphatic carbocycles. The Hall–Kier alpha value is -4.83. The van der Waals surface area contributed by atoms with Crippen molar-refractivity contribution < 1.29 is 38.6 Å². The van der Waals surface area contributed by atoms with Crippen molar-refractivity contribution in [2.45, 2.75) is 37.0 Å². The van der Waals surface area contributed by atoms with Crippen molar-refractivity contribution in [3.63, 3.8) is 0 Å². The lowest BCUT2D eigenvalue weighted by Gasteiger charge is -2.50. The number of carbonyl (C=O) groups excluding carboxylic acids is 4. The molecule has 9 nitrogen and oxygen atoms in total. The zero-order chi connectivity index (χ0) is 33.2. The molecule has 0 spiro atoms. The highest BCUT2D eigenvalue weighted by Crippen LogP contribution is 2.65. The number of para-hydroxylation sites is 1. The number of carbonyl (C=O) groups is 5. The molecule has 0 aromatic heterocycles. The average Bonchev–Trinajstić information content (AvgIpc) is 3.43. The number of carboxylic acids is 1. The van der Waals surface area contributed by atoms with Crippen molar-refractivity contribution in [2.24, 2.45) is 23.7 Å². The van der Waals surface area contributed by atoms with E-state index in [1.165, 1.54) is 18.2 Å². The number of benzene rings is 3. The van der Waals surface area contributed by atoms with E-state index in [0.717, 1.165) is 15.9 Å². The summed E-state index contributed by atoms with van der Waals surface area (Å²) >= 11 is 6.30. The molecular weight excluding hydrogens is 627 g/mol. The zero-order valence-corrected chi connectivity index (χ0v) is 25.8. The average molecular weight is 657 g/mol. The van der Waals surface area contributed by atoms with E-state index < -0.39 is 76.2 Å². The largest absolute Gasteiger partial charge is 0.505 e. The van der Waals surface area contributed by atoms with E-state index in [1.54, 1.807) is 48.5 Å². The van der Waals surface area contributed by atoms with Crippen LogP contribution in [0.15, 0.2) is 84.4 Å². The van der Waals surface area contributed by atoms with Gasteiger partial charge >= 0.3 is 5.97 Å². The van der Waals surface area contributed by atoms with Gasteiger partial charge in [0.2, 0.25) is 23.6 Å². The van der Waals surface area contributed by atoms with Gasteiger partial charge in [-0.25, -0.2) is 9.29 Å². The predicted molar refractivity (Wildman–Crippen MR) is 168 cm³/mol. The molecule has 2 saturated heterocycles. The number of phenolic OH excluding ortho intramolecular Hbond substituents is 1. The molecular formula is C36H30ClFN2O7. The summed E-state index contributed by atoms with van der Waals surface area (Å²) in [7, 11) is 0. The first kappa shape index (κ1) is 30.8. The summed E-state index contributed by atoms with van der Waals surface area (Å²) in [6, 6.07) is 19.2. The number of allylic oxidation sites excluding steroid dienone is 2. The molecule has 0 unspecified atom stereocenters. The van der Waals surface area contributed by atoms with Crippen LogP contribution in [-0.2, 0) is 29.4 Å². The Balaban J connectivity index is 1.44. The number of phenols is 1. The lowest BCUT2D eigenvalue weighted by molar-refractivity contribution is -0.142. The van der Waals surface area contributed by atoms with Crippen molar-refractivity contribution in [1.82, 2.24) is 4.90 Å². The molecule has 2 N–H and O–H groups in total. The summed E-state index contributed by atoms with van der Waals surface area (Å²) in [6.07, 6.45) is 1.89. The summed E-state index contributed by atoms with van der Waals surface area (Å²) < 4.78 is 15.2. The van der Waals surface area contributed by atoms with Gasteiger partial charge in [0.25, 0.3) is 0 Å². The van der Waals surface area contributed by atoms with Gasteiger partial charge in [0.15, 0.2) is 11.6 Å². The maximum atomic E-state index is 15.2. The first-order chi connectivity index (χ1) is 22.6. The molecule has 2 heterocycles. The molecule has 3 aromatic carbocycles. The van der Waals surface area contributed by atoms with Crippen molar-refractivity contribution in [1.29, 1.82) is 0 Å². The second kappa shape index (κ2) is 11.5. The second-order valence-corrected chi connectivity index (χ2v) is 13.0. The van der Waals surface area contributed by atoms with Crippen LogP contribution >= 0.6 is 11.6 Å². The van der Waals surface area contributed by atoms with E-state index in [0.29, 0.717) is 16.2 Å². The molecule has 2 aliphatic heterocycles. The number of aliphatic carboxylic acids is 1. The summed E-state index contributed by atoms with van der Waals surface area (Å²) in [6.45, 7) is -0.0511. The highest BCUT2D eigenvalue weighted by atomic mass is 35.5. The van der Waals surface area contributed by atoms with Gasteiger partial charge in [-0.2, -0.15) is 0 Å². The third-order valence-corrected chi connectivity index (χ3v) is 10.6. The minimum Gasteiger partial charge on any atom is -0.505 e. The first-order valence-electron chi connectivity index (χ1n) is 15.5. The van der Waals surface area contributed by atoms with Gasteiger partial charge in [-0.1, -0.05) is 71.8 Å². The number of imide groups is 2. The van der Waals surface area contributed by atoms with Gasteiger partial charge in [0.05, 0.1) is 28.9 Å². The van der Waals surface area contributed by atoms with Crippen molar-refractivity contribution in [3.8, 4) is 5.75 Å². The van der Waals surface area contributed by atoms with Gasteiger partial charge in [0, 0.05) is 29.5 Å². The van der Waals surface area contributed by atoms with Crippen LogP contribution in [0.5, 0.6) is 5.75 Å². The number of nitrogens with zero attached hydrogens (tertiary/aromatic N) is 2. The monoisotopic (exact) mass is 656 g/mol. The molecule has 3 aromatic rings. The van der Waals surface area contributed by atoms with Crippen LogP contribution in [0.3, 0.4) is 0 Å². The fourth-order valence-corrected chi connectivity index (χ4v) is 8.71. The van der Waals surface area contributed by atoms with Gasteiger partial charge in [-0.3, -0.25) is 28.9 Å². The third-order valence-electron chi connectivity index (χ3n) is 10.4. The molecule has 1 saturated carbocycles. The summed E-state index contributed by atoms with van der Waals surface area (Å²) in [5.74, 6) is -9.01. The molecule has 47 heavy (non-hydrogen) atoms. The highest BCUT2D eigenvalue weighted by Gasteiger charge is 2.70. The molecule has 6 atom stereocenters. The van der Waals surface area contributed by atoms with E-state index in [-0.39, 0.29) is 43.5 Å². The summed E-state index contributed by atoms with van der Waals surface area (Å²) in [4.78, 5) is 70.6. The SMILES string of the molecule is O=C(O)CCCN1C(=O)[C@H]2[C@H](CC=C3[C@H]2C[C@H]2C(=O)N(c4cccc(Cl)c4)C(=O)[C@@]2(c2ccccc2)[C@H]3c2cccc(F)c2O)C1=O. The summed E-state index contributed by atoms with van der Waals surface area (Å²) in [5, 5.41) is 20.7. The van der Waals surface area contributed by atoms with Crippen LogP contribution < -0.4 is 4.90 Å². The van der Waals surface area contributed by atoms with Crippen molar-refractivity contribution in [3.05, 3.63) is 106 Å². The quantitative estimate of drug-likeness (QED) is 0.264. The normalized spacial score (nSPS) is 28.2. The zero-order valence-electron chi connectivity index (χ0n) is 25.0. The fraction of sp³-hybridized carbons (Fsp3) is 0.306. The van der Waals surface area contributed by atoms with E-state index in [4.69, 9.17) is 16.7 Å². The minimum atomic E-state index is -1.64. The van der Waals surface area contributed by atoms with Crippen LogP contribution in [0.2, 0.25) is 5.02 Å². The van der Waals surface area contributed by atoms with Gasteiger partial charge in [-0.05, 0) is 55.0 Å². The maximum absolute atomic E-state index is 15.2. The highest BCUT2D eigenvalue weighted by molar-refractivity contribution is 6.32. The molecule has 7 rings (SSSR count). The Morgan fingerprint density at radius 1 is 0.936 bits per heavy atom. The van der Waals surface area contributed by atoms with Crippen LogP contribution in [-0.4, -0.2) is 51.3 Å². The predicted octanol–water partition coefficient (Wildman–Crippen LogP) is 5.21. The van der Waals surface area contributed by atoms with Crippen LogP contribution in [0, 0.1) is 29.5 Å². The summed E-state index contributed by atoms with van der Waals surface area (Å²) in [5.41, 5.74) is -0.223. The molecule has 240 valence electrons. The number of rotatable bonds is 7. The molecule has 3 fully saturated rings. The number of likely N-dealkylation sites (tertiary alicyclic amines) is 1. The van der Waals surface area contributed by atoms with Crippen LogP contribution in [0.25, 0.3) is 0 Å². The third kappa shape index (κ3) is 4.52. The number of amides is 4. The van der Waals surface area contributed by atoms with Gasteiger partial charge in [-0.15, -0.1) is 0 Å². The maximum Gasteiger partial charge on any atom is 0.303 e. The number of halogens is 2. The lowest BCUT2D eigenvalue weighted by Crippen LogP contribution is -2.53. The number of fused-ring (bicyclic) bond motifs is 4. The topological polar surface area (TPSA) is 132 Å². The molecule has 11 heteroatoms. The molecule has 4 amide bonds. The Bertz CT molecular complexity index is 1880. The Morgan fingerprint density at radius 3 is 2.40 bits per heavy atom. The number of hydrogen-bond donors (Lipinski definition) is 2. The van der Waals surface area contributed by atoms with Crippen LogP contribution in [0.1, 0.15) is 42.7 Å². The van der Waals surface area contributed by atoms with Gasteiger partial charge in [0.1, 0.15) is 0 Å². The van der Waals surface area contributed by atoms with E-state index in [1.807, 2.05) is 6.08 Å². The number of aromatic hydroxyl groups is 1. The smallest absolute Gasteiger partial charge is 0.303 e. The first-order valence-corrected chi connectivity index (χ1v) is 15.9. The van der Waals surface area contributed by atoms with E-state index in [9.17, 15) is 24.3 Å². The minimum absolute atomic E-state index is 0.0398. The molecule has 0 bridgehead atoms. The number of carboxylic acid groups (broad SMARTS) is 1. The number of anilines is 1. The lowest BCUT2D eigenvalue weighted by atomic mass is 9.49. The standard InChI is InChI=1S/C36H30ClFN2O7/c37-20-9-4-10-21(17-20)40-33(45)26-18-25-22(14-15-23-29(25)34(46)39(32(23)44)16-6-13-28(41)42)30(24-11-5-12-27(38)31(24)43)36(26,35(40)47)19-7-2-1-3-8-19/h1-5,7-12,14,17,23,25-26,29-30,43H,6,13,15-16,18H2,(H,41,42)/t23-,25+,26-,29-,30+,36+/m0/s1. The van der Waals surface area contributed by atoms with Crippen molar-refractivity contribution >= 4 is 46.9 Å². The van der Waals surface area contributed by atoms with Crippen molar-refractivity contribution in [2.75, 3.05) is 11.4 Å². The Kier molecular flexibility index (Phi) is 7.50. The number of hydrogen-bond acceptors (Lipinski definition) is 6. The Morgan fingerprint density at radius 2 is 1.68 bits per heavy atom. The van der Waals surface area contributed by atoms with E-state index in [2.05, 4.69) is 0 Å². The Labute approximate surface area is 274 Å². The fourth-order valence-electron chi connectivity index (χ4n) is 8.53.